The first kappa shape index (κ1) is 18.4. The van der Waals surface area contributed by atoms with E-state index >= 15 is 0 Å². The maximum absolute atomic E-state index is 12.6. The predicted molar refractivity (Wildman–Crippen MR) is 94.7 cm³/mol. The van der Waals surface area contributed by atoms with Gasteiger partial charge in [0.1, 0.15) is 6.54 Å². The first-order valence-electron chi connectivity index (χ1n) is 7.25. The number of methoxy groups -OCH3 is 1. The maximum atomic E-state index is 12.6. The number of anilines is 1. The van der Waals surface area contributed by atoms with Crippen molar-refractivity contribution in [2.24, 2.45) is 0 Å². The molecule has 0 fully saturated rings. The molecule has 2 rings (SSSR count). The largest absolute Gasteiger partial charge is 0.383 e. The lowest BCUT2D eigenvalue weighted by atomic mass is 10.2. The van der Waals surface area contributed by atoms with Gasteiger partial charge in [-0.3, -0.25) is 9.59 Å². The Bertz CT molecular complexity index is 703. The van der Waals surface area contributed by atoms with E-state index in [2.05, 4.69) is 10.3 Å². The molecule has 6 nitrogen and oxygen atoms in total. The van der Waals surface area contributed by atoms with Gasteiger partial charge in [0.25, 0.3) is 5.91 Å². The van der Waals surface area contributed by atoms with Crippen LogP contribution in [0.4, 0.5) is 5.13 Å². The lowest BCUT2D eigenvalue weighted by Gasteiger charge is -2.21. The second-order valence-corrected chi connectivity index (χ2v) is 6.72. The molecule has 1 heterocycles. The number of carbonyl (C=O) groups is 2. The summed E-state index contributed by atoms with van der Waals surface area (Å²) < 4.78 is 5.02. The molecular formula is C16H18ClN3O3S. The Labute approximate surface area is 149 Å². The van der Waals surface area contributed by atoms with Crippen LogP contribution >= 0.6 is 22.9 Å². The minimum atomic E-state index is -0.303. The van der Waals surface area contributed by atoms with Gasteiger partial charge in [0.2, 0.25) is 5.91 Å². The highest BCUT2D eigenvalue weighted by atomic mass is 35.5. The van der Waals surface area contributed by atoms with Gasteiger partial charge in [0, 0.05) is 35.3 Å². The van der Waals surface area contributed by atoms with Gasteiger partial charge in [-0.2, -0.15) is 0 Å². The summed E-state index contributed by atoms with van der Waals surface area (Å²) in [6.07, 6.45) is 1.68. The van der Waals surface area contributed by atoms with Gasteiger partial charge in [-0.15, -0.1) is 11.3 Å². The molecule has 0 saturated carbocycles. The van der Waals surface area contributed by atoms with Crippen LogP contribution in [-0.4, -0.2) is 48.5 Å². The monoisotopic (exact) mass is 367 g/mol. The van der Waals surface area contributed by atoms with Crippen LogP contribution in [0.3, 0.4) is 0 Å². The van der Waals surface area contributed by atoms with Crippen LogP contribution in [0.25, 0.3) is 0 Å². The number of nitrogens with zero attached hydrogens (tertiary/aromatic N) is 2. The number of nitrogens with one attached hydrogen (secondary N) is 1. The van der Waals surface area contributed by atoms with Gasteiger partial charge in [-0.25, -0.2) is 4.98 Å². The number of hydrogen-bond donors (Lipinski definition) is 1. The minimum Gasteiger partial charge on any atom is -0.383 e. The quantitative estimate of drug-likeness (QED) is 0.816. The molecule has 1 aromatic carbocycles. The highest BCUT2D eigenvalue weighted by Gasteiger charge is 2.19. The third kappa shape index (κ3) is 5.30. The molecule has 24 heavy (non-hydrogen) atoms. The summed E-state index contributed by atoms with van der Waals surface area (Å²) >= 11 is 7.22. The third-order valence-corrected chi connectivity index (χ3v) is 4.23. The number of hydrogen-bond acceptors (Lipinski definition) is 5. The van der Waals surface area contributed by atoms with E-state index in [0.717, 1.165) is 4.88 Å². The third-order valence-electron chi connectivity index (χ3n) is 3.15. The molecule has 0 atom stereocenters. The molecule has 0 spiro atoms. The van der Waals surface area contributed by atoms with Crippen molar-refractivity contribution in [3.8, 4) is 0 Å². The number of ether oxygens (including phenoxy) is 1. The van der Waals surface area contributed by atoms with Gasteiger partial charge in [0.15, 0.2) is 5.13 Å². The van der Waals surface area contributed by atoms with Crippen LogP contribution in [0.5, 0.6) is 0 Å². The zero-order chi connectivity index (χ0) is 17.5. The molecule has 0 aliphatic carbocycles. The zero-order valence-corrected chi connectivity index (χ0v) is 15.0. The van der Waals surface area contributed by atoms with Gasteiger partial charge in [-0.1, -0.05) is 11.6 Å². The van der Waals surface area contributed by atoms with E-state index in [1.807, 2.05) is 6.92 Å². The molecule has 0 saturated heterocycles. The van der Waals surface area contributed by atoms with E-state index in [4.69, 9.17) is 16.3 Å². The number of benzene rings is 1. The summed E-state index contributed by atoms with van der Waals surface area (Å²) in [5, 5.41) is 3.76. The summed E-state index contributed by atoms with van der Waals surface area (Å²) in [6, 6.07) is 6.54. The second-order valence-electron chi connectivity index (χ2n) is 5.05. The Hall–Kier alpha value is -1.96. The molecule has 1 aromatic heterocycles. The van der Waals surface area contributed by atoms with Gasteiger partial charge in [-0.05, 0) is 31.2 Å². The smallest absolute Gasteiger partial charge is 0.254 e. The van der Waals surface area contributed by atoms with Crippen molar-refractivity contribution in [2.45, 2.75) is 6.92 Å². The van der Waals surface area contributed by atoms with Crippen LogP contribution in [0.15, 0.2) is 30.5 Å². The SMILES string of the molecule is COCCN(CC(=O)Nc1ncc(C)s1)C(=O)c1ccc(Cl)cc1. The van der Waals surface area contributed by atoms with Crippen LogP contribution in [0.1, 0.15) is 15.2 Å². The summed E-state index contributed by atoms with van der Waals surface area (Å²) in [4.78, 5) is 31.3. The Balaban J connectivity index is 2.05. The summed E-state index contributed by atoms with van der Waals surface area (Å²) in [5.74, 6) is -0.558. The fraction of sp³-hybridized carbons (Fsp3) is 0.312. The summed E-state index contributed by atoms with van der Waals surface area (Å²) in [7, 11) is 1.55. The summed E-state index contributed by atoms with van der Waals surface area (Å²) in [5.41, 5.74) is 0.466. The number of amides is 2. The molecule has 0 unspecified atom stereocenters. The molecule has 1 N–H and O–H groups in total. The van der Waals surface area contributed by atoms with Crippen LogP contribution in [-0.2, 0) is 9.53 Å². The number of carbonyl (C=O) groups excluding carboxylic acids is 2. The van der Waals surface area contributed by atoms with E-state index in [9.17, 15) is 9.59 Å². The average Bonchev–Trinajstić information content (AvgIpc) is 2.96. The Morgan fingerprint density at radius 3 is 2.62 bits per heavy atom. The van der Waals surface area contributed by atoms with E-state index in [1.54, 1.807) is 37.6 Å². The van der Waals surface area contributed by atoms with Crippen molar-refractivity contribution in [1.82, 2.24) is 9.88 Å². The van der Waals surface area contributed by atoms with E-state index in [0.29, 0.717) is 28.9 Å². The van der Waals surface area contributed by atoms with E-state index in [1.165, 1.54) is 16.2 Å². The van der Waals surface area contributed by atoms with Crippen molar-refractivity contribution >= 4 is 39.9 Å². The molecule has 128 valence electrons. The zero-order valence-electron chi connectivity index (χ0n) is 13.4. The van der Waals surface area contributed by atoms with Crippen LogP contribution in [0, 0.1) is 6.92 Å². The molecule has 8 heteroatoms. The van der Waals surface area contributed by atoms with Crippen molar-refractivity contribution in [3.05, 3.63) is 45.9 Å². The maximum Gasteiger partial charge on any atom is 0.254 e. The van der Waals surface area contributed by atoms with Crippen molar-refractivity contribution in [2.75, 3.05) is 32.1 Å². The molecule has 2 amide bonds. The number of halogens is 1. The fourth-order valence-electron chi connectivity index (χ4n) is 1.97. The molecule has 0 radical (unpaired) electrons. The fourth-order valence-corrected chi connectivity index (χ4v) is 2.78. The normalized spacial score (nSPS) is 10.5. The number of aromatic nitrogens is 1. The number of rotatable bonds is 7. The van der Waals surface area contributed by atoms with Crippen molar-refractivity contribution in [1.29, 1.82) is 0 Å². The standard InChI is InChI=1S/C16H18ClN3O3S/c1-11-9-18-16(24-11)19-14(21)10-20(7-8-23-2)15(22)12-3-5-13(17)6-4-12/h3-6,9H,7-8,10H2,1-2H3,(H,18,19,21). The Kier molecular flexibility index (Phi) is 6.72. The number of aryl methyl sites for hydroxylation is 1. The summed E-state index contributed by atoms with van der Waals surface area (Å²) in [6.45, 7) is 2.47. The number of thiazole rings is 1. The van der Waals surface area contributed by atoms with E-state index in [-0.39, 0.29) is 18.4 Å². The van der Waals surface area contributed by atoms with E-state index < -0.39 is 0 Å². The van der Waals surface area contributed by atoms with Crippen molar-refractivity contribution in [3.63, 3.8) is 0 Å². The predicted octanol–water partition coefficient (Wildman–Crippen LogP) is 2.83. The highest BCUT2D eigenvalue weighted by molar-refractivity contribution is 7.15. The Morgan fingerprint density at radius 1 is 1.33 bits per heavy atom. The molecule has 2 aromatic rings. The van der Waals surface area contributed by atoms with Crippen LogP contribution in [0.2, 0.25) is 5.02 Å². The van der Waals surface area contributed by atoms with Gasteiger partial charge in [0.05, 0.1) is 6.61 Å². The van der Waals surface area contributed by atoms with Crippen LogP contribution < -0.4 is 5.32 Å². The minimum absolute atomic E-state index is 0.0799. The van der Waals surface area contributed by atoms with Gasteiger partial charge >= 0.3 is 0 Å². The molecule has 0 aliphatic rings. The van der Waals surface area contributed by atoms with Crippen molar-refractivity contribution < 1.29 is 14.3 Å². The first-order chi connectivity index (χ1) is 11.5. The topological polar surface area (TPSA) is 71.5 Å². The average molecular weight is 368 g/mol. The molecule has 0 bridgehead atoms. The first-order valence-corrected chi connectivity index (χ1v) is 8.45. The Morgan fingerprint density at radius 2 is 2.04 bits per heavy atom. The highest BCUT2D eigenvalue weighted by Crippen LogP contribution is 2.16. The second kappa shape index (κ2) is 8.77. The molecule has 0 aliphatic heterocycles. The molecular weight excluding hydrogens is 350 g/mol. The lowest BCUT2D eigenvalue weighted by molar-refractivity contribution is -0.117. The van der Waals surface area contributed by atoms with Gasteiger partial charge < -0.3 is 15.0 Å². The lowest BCUT2D eigenvalue weighted by Crippen LogP contribution is -2.40.